The van der Waals surface area contributed by atoms with Gasteiger partial charge in [0, 0.05) is 5.92 Å². The molecule has 2 rings (SSSR count). The van der Waals surface area contributed by atoms with E-state index in [1.165, 1.54) is 0 Å². The minimum absolute atomic E-state index is 0.0232. The molecule has 0 spiro atoms. The number of nitrogens with zero attached hydrogens (tertiary/aromatic N) is 1. The van der Waals surface area contributed by atoms with Crippen molar-refractivity contribution >= 4 is 15.7 Å². The molecule has 2 fully saturated rings. The monoisotopic (exact) mass is 262 g/mol. The van der Waals surface area contributed by atoms with E-state index in [1.807, 2.05) is 4.90 Å². The van der Waals surface area contributed by atoms with E-state index in [1.54, 1.807) is 0 Å². The molecule has 0 aromatic carbocycles. The highest BCUT2D eigenvalue weighted by Gasteiger charge is 2.41. The Morgan fingerprint density at radius 3 is 2.24 bits per heavy atom. The Kier molecular flexibility index (Phi) is 3.42. The van der Waals surface area contributed by atoms with Gasteiger partial charge in [-0.1, -0.05) is 0 Å². The second kappa shape index (κ2) is 4.55. The first-order valence-corrected chi connectivity index (χ1v) is 7.63. The second-order valence-corrected chi connectivity index (χ2v) is 7.08. The summed E-state index contributed by atoms with van der Waals surface area (Å²) in [6, 6.07) is -0.311. The Bertz CT molecular complexity index is 401. The van der Waals surface area contributed by atoms with Gasteiger partial charge >= 0.3 is 0 Å². The van der Waals surface area contributed by atoms with Crippen LogP contribution in [0.3, 0.4) is 0 Å². The molecule has 0 saturated carbocycles. The van der Waals surface area contributed by atoms with Gasteiger partial charge in [0.2, 0.25) is 5.91 Å². The molecule has 0 aromatic rings. The van der Waals surface area contributed by atoms with Crippen LogP contribution in [0.2, 0.25) is 0 Å². The number of likely N-dealkylation sites (tertiary alicyclic amines) is 1. The highest BCUT2D eigenvalue weighted by Crippen LogP contribution is 2.24. The minimum Gasteiger partial charge on any atom is -0.390 e. The first-order chi connectivity index (χ1) is 7.89. The number of rotatable bonds is 2. The predicted molar refractivity (Wildman–Crippen MR) is 61.9 cm³/mol. The summed E-state index contributed by atoms with van der Waals surface area (Å²) >= 11 is 0. The smallest absolute Gasteiger partial charge is 0.220 e. The van der Waals surface area contributed by atoms with E-state index in [0.717, 1.165) is 0 Å². The summed E-state index contributed by atoms with van der Waals surface area (Å²) in [5.74, 6) is -0.520. The van der Waals surface area contributed by atoms with Crippen LogP contribution in [0.15, 0.2) is 0 Å². The molecule has 2 atom stereocenters. The molecule has 2 aliphatic rings. The lowest BCUT2D eigenvalue weighted by Crippen LogP contribution is -2.48. The average Bonchev–Trinajstić information content (AvgIpc) is 2.52. The molecule has 2 saturated heterocycles. The van der Waals surface area contributed by atoms with Crippen LogP contribution in [-0.2, 0) is 14.6 Å². The Morgan fingerprint density at radius 2 is 1.82 bits per heavy atom. The van der Waals surface area contributed by atoms with Crippen molar-refractivity contribution < 1.29 is 18.3 Å². The molecule has 7 heteroatoms. The molecule has 1 amide bonds. The largest absolute Gasteiger partial charge is 0.390 e. The number of amides is 1. The zero-order valence-corrected chi connectivity index (χ0v) is 10.4. The molecule has 2 aliphatic heterocycles. The zero-order valence-electron chi connectivity index (χ0n) is 9.58. The van der Waals surface area contributed by atoms with Crippen molar-refractivity contribution in [2.75, 3.05) is 24.6 Å². The van der Waals surface area contributed by atoms with Crippen molar-refractivity contribution in [2.24, 2.45) is 11.7 Å². The number of aliphatic hydroxyl groups is 1. The fourth-order valence-corrected chi connectivity index (χ4v) is 4.51. The molecule has 98 valence electrons. The van der Waals surface area contributed by atoms with E-state index >= 15 is 0 Å². The quantitative estimate of drug-likeness (QED) is 0.620. The molecule has 6 nitrogen and oxygen atoms in total. The first kappa shape index (κ1) is 12.8. The first-order valence-electron chi connectivity index (χ1n) is 5.81. The summed E-state index contributed by atoms with van der Waals surface area (Å²) in [7, 11) is -3.11. The lowest BCUT2D eigenvalue weighted by Gasteiger charge is -2.35. The van der Waals surface area contributed by atoms with Crippen LogP contribution in [0.25, 0.3) is 0 Å². The van der Waals surface area contributed by atoms with E-state index < -0.39 is 15.9 Å². The molecule has 3 N–H and O–H groups in total. The molecular weight excluding hydrogens is 244 g/mol. The Balaban J connectivity index is 1.96. The van der Waals surface area contributed by atoms with Gasteiger partial charge in [-0.15, -0.1) is 0 Å². The summed E-state index contributed by atoms with van der Waals surface area (Å²) in [4.78, 5) is 13.0. The van der Waals surface area contributed by atoms with Gasteiger partial charge in [0.1, 0.15) is 0 Å². The fraction of sp³-hybridized carbons (Fsp3) is 0.900. The number of primary amides is 1. The molecule has 0 aliphatic carbocycles. The van der Waals surface area contributed by atoms with Gasteiger partial charge in [-0.3, -0.25) is 9.69 Å². The number of hydrogen-bond donors (Lipinski definition) is 2. The Labute approximate surface area is 101 Å². The number of carbonyl (C=O) groups excluding carboxylic acids is 1. The van der Waals surface area contributed by atoms with Crippen molar-refractivity contribution in [1.82, 2.24) is 4.90 Å². The summed E-state index contributed by atoms with van der Waals surface area (Å²) < 4.78 is 22.8. The van der Waals surface area contributed by atoms with E-state index in [-0.39, 0.29) is 29.4 Å². The standard InChI is InChI=1S/C10H18N2O4S/c11-10(14)7-1-3-12(4-2-7)8-5-17(15,16)6-9(8)13/h7-9,13H,1-6H2,(H2,11,14)/t8-,9-/m1/s1. The van der Waals surface area contributed by atoms with Crippen LogP contribution in [-0.4, -0.2) is 61.1 Å². The van der Waals surface area contributed by atoms with Crippen molar-refractivity contribution in [3.8, 4) is 0 Å². The number of piperidine rings is 1. The number of hydrogen-bond acceptors (Lipinski definition) is 5. The van der Waals surface area contributed by atoms with Crippen LogP contribution in [0.4, 0.5) is 0 Å². The number of nitrogens with two attached hydrogens (primary N) is 1. The van der Waals surface area contributed by atoms with Gasteiger partial charge in [-0.25, -0.2) is 8.42 Å². The lowest BCUT2D eigenvalue weighted by molar-refractivity contribution is -0.123. The average molecular weight is 262 g/mol. The van der Waals surface area contributed by atoms with E-state index in [4.69, 9.17) is 5.73 Å². The molecule has 0 aromatic heterocycles. The lowest BCUT2D eigenvalue weighted by atomic mass is 9.95. The van der Waals surface area contributed by atoms with Crippen LogP contribution < -0.4 is 5.73 Å². The summed E-state index contributed by atoms with van der Waals surface area (Å²) in [6.45, 7) is 1.26. The van der Waals surface area contributed by atoms with E-state index in [2.05, 4.69) is 0 Å². The number of aliphatic hydroxyl groups excluding tert-OH is 1. The maximum atomic E-state index is 11.4. The number of carbonyl (C=O) groups is 1. The summed E-state index contributed by atoms with van der Waals surface area (Å²) in [5, 5.41) is 9.74. The third-order valence-corrected chi connectivity index (χ3v) is 5.39. The van der Waals surface area contributed by atoms with Crippen LogP contribution in [0.5, 0.6) is 0 Å². The molecular formula is C10H18N2O4S. The van der Waals surface area contributed by atoms with Gasteiger partial charge in [-0.05, 0) is 25.9 Å². The van der Waals surface area contributed by atoms with Gasteiger partial charge < -0.3 is 10.8 Å². The topological polar surface area (TPSA) is 101 Å². The zero-order chi connectivity index (χ0) is 12.6. The molecule has 0 unspecified atom stereocenters. The van der Waals surface area contributed by atoms with Crippen LogP contribution >= 0.6 is 0 Å². The maximum absolute atomic E-state index is 11.4. The summed E-state index contributed by atoms with van der Waals surface area (Å²) in [5.41, 5.74) is 5.23. The minimum atomic E-state index is -3.11. The fourth-order valence-electron chi connectivity index (χ4n) is 2.67. The highest BCUT2D eigenvalue weighted by atomic mass is 32.2. The van der Waals surface area contributed by atoms with Crippen molar-refractivity contribution in [1.29, 1.82) is 0 Å². The van der Waals surface area contributed by atoms with Crippen molar-refractivity contribution in [2.45, 2.75) is 25.0 Å². The maximum Gasteiger partial charge on any atom is 0.220 e. The van der Waals surface area contributed by atoms with E-state index in [9.17, 15) is 18.3 Å². The Hall–Kier alpha value is -0.660. The third-order valence-electron chi connectivity index (χ3n) is 3.69. The van der Waals surface area contributed by atoms with Gasteiger partial charge in [0.25, 0.3) is 0 Å². The normalized spacial score (nSPS) is 34.9. The third kappa shape index (κ3) is 2.78. The highest BCUT2D eigenvalue weighted by molar-refractivity contribution is 7.91. The van der Waals surface area contributed by atoms with Gasteiger partial charge in [0.15, 0.2) is 9.84 Å². The van der Waals surface area contributed by atoms with Gasteiger partial charge in [0.05, 0.1) is 23.7 Å². The van der Waals surface area contributed by atoms with Crippen molar-refractivity contribution in [3.05, 3.63) is 0 Å². The predicted octanol–water partition coefficient (Wildman–Crippen LogP) is -1.66. The van der Waals surface area contributed by atoms with Gasteiger partial charge in [-0.2, -0.15) is 0 Å². The summed E-state index contributed by atoms with van der Waals surface area (Å²) in [6.07, 6.45) is 0.502. The number of sulfone groups is 1. The molecule has 17 heavy (non-hydrogen) atoms. The SMILES string of the molecule is NC(=O)C1CCN([C@@H]2CS(=O)(=O)C[C@H]2O)CC1. The molecule has 2 heterocycles. The van der Waals surface area contributed by atoms with Crippen LogP contribution in [0.1, 0.15) is 12.8 Å². The second-order valence-electron chi connectivity index (χ2n) is 4.92. The Morgan fingerprint density at radius 1 is 1.24 bits per heavy atom. The van der Waals surface area contributed by atoms with Crippen LogP contribution in [0, 0.1) is 5.92 Å². The molecule has 0 radical (unpaired) electrons. The van der Waals surface area contributed by atoms with E-state index in [0.29, 0.717) is 25.9 Å². The van der Waals surface area contributed by atoms with Crippen molar-refractivity contribution in [3.63, 3.8) is 0 Å². The molecule has 0 bridgehead atoms.